The molecule has 11 nitrogen and oxygen atoms in total. The van der Waals surface area contributed by atoms with Gasteiger partial charge in [-0.05, 0) is 96.3 Å². The Labute approximate surface area is 451 Å². The van der Waals surface area contributed by atoms with Crippen LogP contribution in [0.5, 0.6) is 0 Å². The first-order valence-corrected chi connectivity index (χ1v) is 31.0. The topological polar surface area (TPSA) is 155 Å². The summed E-state index contributed by atoms with van der Waals surface area (Å²) in [6.07, 6.45) is 64.1. The summed E-state index contributed by atoms with van der Waals surface area (Å²) < 4.78 is 39.5. The quantitative estimate of drug-likeness (QED) is 0.0197. The van der Waals surface area contributed by atoms with Crippen molar-refractivity contribution in [1.29, 1.82) is 0 Å². The molecule has 0 aliphatic carbocycles. The highest BCUT2D eigenvalue weighted by molar-refractivity contribution is 7.47. The number of phosphoric ester groups is 1. The van der Waals surface area contributed by atoms with Crippen molar-refractivity contribution in [3.8, 4) is 0 Å². The predicted octanol–water partition coefficient (Wildman–Crippen LogP) is 17.5. The van der Waals surface area contributed by atoms with Crippen molar-refractivity contribution in [2.24, 2.45) is 0 Å². The highest BCUT2D eigenvalue weighted by Crippen LogP contribution is 2.43. The second kappa shape index (κ2) is 55.9. The molecule has 12 heteroatoms. The first-order chi connectivity index (χ1) is 36.2. The number of carbonyl (C=O) groups is 3. The molecule has 0 aliphatic rings. The van der Waals surface area contributed by atoms with Crippen molar-refractivity contribution in [1.82, 2.24) is 0 Å². The molecule has 0 rings (SSSR count). The van der Waals surface area contributed by atoms with Gasteiger partial charge in [0, 0.05) is 19.3 Å². The fourth-order valence-corrected chi connectivity index (χ4v) is 8.61. The van der Waals surface area contributed by atoms with Crippen LogP contribution in [0.1, 0.15) is 252 Å². The Morgan fingerprint density at radius 2 is 0.703 bits per heavy atom. The number of allylic oxidation sites excluding steroid dienone is 14. The third-order valence-corrected chi connectivity index (χ3v) is 13.3. The van der Waals surface area contributed by atoms with Crippen LogP contribution in [0.25, 0.3) is 0 Å². The average molecular weight is 1060 g/mol. The number of aliphatic hydroxyl groups excluding tert-OH is 1. The van der Waals surface area contributed by atoms with Gasteiger partial charge in [-0.25, -0.2) is 4.57 Å². The maximum atomic E-state index is 12.9. The molecule has 3 atom stereocenters. The van der Waals surface area contributed by atoms with Crippen molar-refractivity contribution in [3.05, 3.63) is 85.1 Å². The molecule has 0 saturated heterocycles. The molecule has 0 aliphatic heterocycles. The van der Waals surface area contributed by atoms with E-state index in [1.807, 2.05) is 0 Å². The summed E-state index contributed by atoms with van der Waals surface area (Å²) in [7, 11) is -4.75. The van der Waals surface area contributed by atoms with Crippen molar-refractivity contribution < 1.29 is 52.2 Å². The van der Waals surface area contributed by atoms with Crippen molar-refractivity contribution in [3.63, 3.8) is 0 Å². The molecule has 0 amide bonds. The Morgan fingerprint density at radius 3 is 1.12 bits per heavy atom. The Kier molecular flexibility index (Phi) is 53.4. The molecule has 0 aromatic rings. The third-order valence-electron chi connectivity index (χ3n) is 12.3. The summed E-state index contributed by atoms with van der Waals surface area (Å²) in [5.74, 6) is -1.51. The van der Waals surface area contributed by atoms with Crippen LogP contribution in [0.3, 0.4) is 0 Å². The number of ether oxygens (including phenoxy) is 3. The molecule has 0 spiro atoms. The van der Waals surface area contributed by atoms with E-state index in [0.29, 0.717) is 19.3 Å². The number of rotatable bonds is 54. The van der Waals surface area contributed by atoms with E-state index in [0.717, 1.165) is 103 Å². The number of unbranched alkanes of at least 4 members (excludes halogenated alkanes) is 23. The van der Waals surface area contributed by atoms with Crippen molar-refractivity contribution in [2.45, 2.75) is 264 Å². The number of carbonyl (C=O) groups excluding carboxylic acids is 3. The summed E-state index contributed by atoms with van der Waals surface area (Å²) >= 11 is 0. The molecule has 0 fully saturated rings. The van der Waals surface area contributed by atoms with Gasteiger partial charge in [-0.1, -0.05) is 221 Å². The van der Waals surface area contributed by atoms with Crippen molar-refractivity contribution in [2.75, 3.05) is 26.4 Å². The highest BCUT2D eigenvalue weighted by Gasteiger charge is 2.28. The number of aliphatic hydroxyl groups is 1. The van der Waals surface area contributed by atoms with E-state index in [4.69, 9.17) is 23.3 Å². The number of esters is 3. The zero-order chi connectivity index (χ0) is 54.1. The van der Waals surface area contributed by atoms with E-state index in [9.17, 15) is 28.9 Å². The fourth-order valence-electron chi connectivity index (χ4n) is 7.82. The smallest absolute Gasteiger partial charge is 0.462 e. The molecule has 74 heavy (non-hydrogen) atoms. The normalized spacial score (nSPS) is 14.0. The second-order valence-electron chi connectivity index (χ2n) is 19.4. The Bertz CT molecular complexity index is 1560. The SMILES string of the molecule is CC/C=C\C/C=C\C/C=C\C/C=C\C/C=C\CCCCCC(=O)OCC(COP(=O)(O)OCC(CO)OC(=O)CCCCCCCCCCC)OC(=O)CCCCCCCCCCC/C=C\C/C=C\CCCCC. The fraction of sp³-hybridized carbons (Fsp3) is 0.726. The molecular formula is C62H107O11P. The van der Waals surface area contributed by atoms with Gasteiger partial charge in [0.15, 0.2) is 6.10 Å². The average Bonchev–Trinajstić information content (AvgIpc) is 3.39. The van der Waals surface area contributed by atoms with Gasteiger partial charge >= 0.3 is 25.7 Å². The summed E-state index contributed by atoms with van der Waals surface area (Å²) in [4.78, 5) is 48.5. The summed E-state index contributed by atoms with van der Waals surface area (Å²) in [6.45, 7) is 4.45. The lowest BCUT2D eigenvalue weighted by molar-refractivity contribution is -0.161. The van der Waals surface area contributed by atoms with E-state index in [1.54, 1.807) is 0 Å². The summed E-state index contributed by atoms with van der Waals surface area (Å²) in [5.41, 5.74) is 0. The minimum absolute atomic E-state index is 0.153. The van der Waals surface area contributed by atoms with E-state index >= 15 is 0 Å². The Balaban J connectivity index is 4.77. The lowest BCUT2D eigenvalue weighted by atomic mass is 10.1. The Hall–Kier alpha value is -3.34. The predicted molar refractivity (Wildman–Crippen MR) is 307 cm³/mol. The van der Waals surface area contributed by atoms with E-state index < -0.39 is 57.8 Å². The van der Waals surface area contributed by atoms with Crippen LogP contribution in [0.2, 0.25) is 0 Å². The van der Waals surface area contributed by atoms with Crippen LogP contribution in [0.4, 0.5) is 0 Å². The molecule has 426 valence electrons. The van der Waals surface area contributed by atoms with Crippen LogP contribution >= 0.6 is 7.82 Å². The van der Waals surface area contributed by atoms with Gasteiger partial charge in [0.05, 0.1) is 19.8 Å². The maximum absolute atomic E-state index is 12.9. The van der Waals surface area contributed by atoms with Crippen molar-refractivity contribution >= 4 is 25.7 Å². The molecule has 3 unspecified atom stereocenters. The minimum atomic E-state index is -4.75. The molecule has 0 heterocycles. The lowest BCUT2D eigenvalue weighted by Crippen LogP contribution is -2.30. The van der Waals surface area contributed by atoms with Crippen LogP contribution < -0.4 is 0 Å². The molecule has 0 aromatic heterocycles. The van der Waals surface area contributed by atoms with Gasteiger partial charge in [0.2, 0.25) is 0 Å². The monoisotopic (exact) mass is 1060 g/mol. The molecule has 0 saturated carbocycles. The van der Waals surface area contributed by atoms with Crippen LogP contribution in [-0.2, 0) is 42.2 Å². The van der Waals surface area contributed by atoms with Gasteiger partial charge in [0.25, 0.3) is 0 Å². The first kappa shape index (κ1) is 70.7. The molecule has 2 N–H and O–H groups in total. The van der Waals surface area contributed by atoms with E-state index in [1.165, 1.54) is 89.9 Å². The molecule has 0 radical (unpaired) electrons. The Morgan fingerprint density at radius 1 is 0.392 bits per heavy atom. The van der Waals surface area contributed by atoms with E-state index in [-0.39, 0.29) is 25.9 Å². The summed E-state index contributed by atoms with van der Waals surface area (Å²) in [6, 6.07) is 0. The van der Waals surface area contributed by atoms with Crippen LogP contribution in [0, 0.1) is 0 Å². The molecular weight excluding hydrogens is 952 g/mol. The van der Waals surface area contributed by atoms with Gasteiger partial charge in [-0.15, -0.1) is 0 Å². The van der Waals surface area contributed by atoms with Gasteiger partial charge in [0.1, 0.15) is 12.7 Å². The molecule has 0 bridgehead atoms. The largest absolute Gasteiger partial charge is 0.472 e. The first-order valence-electron chi connectivity index (χ1n) is 29.5. The van der Waals surface area contributed by atoms with Gasteiger partial charge in [-0.3, -0.25) is 23.4 Å². The lowest BCUT2D eigenvalue weighted by Gasteiger charge is -2.21. The minimum Gasteiger partial charge on any atom is -0.462 e. The maximum Gasteiger partial charge on any atom is 0.472 e. The zero-order valence-corrected chi connectivity index (χ0v) is 47.9. The molecule has 0 aromatic carbocycles. The zero-order valence-electron chi connectivity index (χ0n) is 47.0. The van der Waals surface area contributed by atoms with E-state index in [2.05, 4.69) is 106 Å². The standard InChI is InChI=1S/C62H107O11P/c1-4-7-10-13-16-19-21-23-25-27-29-31-33-35-37-40-42-45-48-51-60(64)69-55-59(57-71-74(67,68)70-56-58(54-63)72-61(65)52-49-46-43-39-18-15-12-9-6-3)73-62(66)53-50-47-44-41-38-36-34-32-30-28-26-24-22-20-17-14-11-8-5-2/h7,10,16-17,19-20,23-26,29,31,35,37,58-59,63H,4-6,8-9,11-15,18,21-22,27-28,30,32-34,36,38-57H2,1-3H3,(H,67,68)/b10-7-,19-16-,20-17-,25-23-,26-24-,31-29-,37-35-. The van der Waals surface area contributed by atoms with Crippen LogP contribution in [-0.4, -0.2) is 66.5 Å². The van der Waals surface area contributed by atoms with Gasteiger partial charge < -0.3 is 24.2 Å². The van der Waals surface area contributed by atoms with Crippen LogP contribution in [0.15, 0.2) is 85.1 Å². The highest BCUT2D eigenvalue weighted by atomic mass is 31.2. The number of hydrogen-bond donors (Lipinski definition) is 2. The van der Waals surface area contributed by atoms with Gasteiger partial charge in [-0.2, -0.15) is 0 Å². The number of phosphoric acid groups is 1. The number of hydrogen-bond acceptors (Lipinski definition) is 10. The second-order valence-corrected chi connectivity index (χ2v) is 20.9. The summed E-state index contributed by atoms with van der Waals surface area (Å²) in [5, 5.41) is 9.78. The third kappa shape index (κ3) is 53.5.